The van der Waals surface area contributed by atoms with E-state index in [-0.39, 0.29) is 12.0 Å². The van der Waals surface area contributed by atoms with Gasteiger partial charge < -0.3 is 4.79 Å². The van der Waals surface area contributed by atoms with Gasteiger partial charge in [0, 0.05) is 11.6 Å². The van der Waals surface area contributed by atoms with Gasteiger partial charge in [-0.1, -0.05) is 22.0 Å². The SMILES string of the molecule is O=CC(Br)CC(Cl)c1ccc(F)cc1F. The predicted molar refractivity (Wildman–Crippen MR) is 58.3 cm³/mol. The van der Waals surface area contributed by atoms with E-state index in [1.165, 1.54) is 6.07 Å². The van der Waals surface area contributed by atoms with Gasteiger partial charge in [0.2, 0.25) is 0 Å². The predicted octanol–water partition coefficient (Wildman–Crippen LogP) is 3.60. The van der Waals surface area contributed by atoms with Crippen LogP contribution in [0.15, 0.2) is 18.2 Å². The standard InChI is InChI=1S/C10H8BrClF2O/c11-6(5-15)3-9(12)8-2-1-7(13)4-10(8)14/h1-2,4-6,9H,3H2. The second kappa shape index (κ2) is 5.56. The molecule has 0 spiro atoms. The van der Waals surface area contributed by atoms with E-state index >= 15 is 0 Å². The van der Waals surface area contributed by atoms with Crippen molar-refractivity contribution in [2.45, 2.75) is 16.6 Å². The molecule has 0 saturated heterocycles. The van der Waals surface area contributed by atoms with Crippen molar-refractivity contribution in [2.75, 3.05) is 0 Å². The minimum atomic E-state index is -0.694. The summed E-state index contributed by atoms with van der Waals surface area (Å²) in [4.78, 5) is 9.92. The van der Waals surface area contributed by atoms with E-state index in [4.69, 9.17) is 11.6 Å². The van der Waals surface area contributed by atoms with E-state index in [0.717, 1.165) is 12.1 Å². The quantitative estimate of drug-likeness (QED) is 0.613. The molecule has 1 aromatic rings. The molecule has 0 fully saturated rings. The highest BCUT2D eigenvalue weighted by Crippen LogP contribution is 2.29. The van der Waals surface area contributed by atoms with Gasteiger partial charge in [0.1, 0.15) is 17.9 Å². The first-order chi connectivity index (χ1) is 7.04. The highest BCUT2D eigenvalue weighted by molar-refractivity contribution is 9.09. The zero-order chi connectivity index (χ0) is 11.4. The second-order valence-electron chi connectivity index (χ2n) is 3.02. The number of carbonyl (C=O) groups excluding carboxylic acids is 1. The van der Waals surface area contributed by atoms with Gasteiger partial charge in [-0.05, 0) is 12.5 Å². The molecule has 0 amide bonds. The molecule has 0 aliphatic rings. The molecule has 0 radical (unpaired) electrons. The fourth-order valence-electron chi connectivity index (χ4n) is 1.14. The molecule has 5 heteroatoms. The molecule has 82 valence electrons. The number of carbonyl (C=O) groups is 1. The van der Waals surface area contributed by atoms with Crippen LogP contribution in [0.3, 0.4) is 0 Å². The number of rotatable bonds is 4. The van der Waals surface area contributed by atoms with E-state index in [9.17, 15) is 13.6 Å². The van der Waals surface area contributed by atoms with Gasteiger partial charge in [-0.2, -0.15) is 0 Å². The van der Waals surface area contributed by atoms with Gasteiger partial charge in [0.05, 0.1) is 10.2 Å². The largest absolute Gasteiger partial charge is 0.302 e. The number of hydrogen-bond acceptors (Lipinski definition) is 1. The monoisotopic (exact) mass is 296 g/mol. The Morgan fingerprint density at radius 3 is 2.67 bits per heavy atom. The number of hydrogen-bond donors (Lipinski definition) is 0. The Kier molecular flexibility index (Phi) is 4.67. The lowest BCUT2D eigenvalue weighted by Gasteiger charge is -2.11. The Balaban J connectivity index is 2.81. The van der Waals surface area contributed by atoms with Crippen LogP contribution >= 0.6 is 27.5 Å². The van der Waals surface area contributed by atoms with Crippen LogP contribution in [0.4, 0.5) is 8.78 Å². The molecule has 0 saturated carbocycles. The average Bonchev–Trinajstić information content (AvgIpc) is 2.17. The Morgan fingerprint density at radius 1 is 1.47 bits per heavy atom. The van der Waals surface area contributed by atoms with Gasteiger partial charge in [-0.15, -0.1) is 11.6 Å². The van der Waals surface area contributed by atoms with Crippen LogP contribution in [0.1, 0.15) is 17.4 Å². The fraction of sp³-hybridized carbons (Fsp3) is 0.300. The highest BCUT2D eigenvalue weighted by Gasteiger charge is 2.17. The summed E-state index contributed by atoms with van der Waals surface area (Å²) < 4.78 is 25.8. The number of halogens is 4. The Bertz CT molecular complexity index is 359. The zero-order valence-electron chi connectivity index (χ0n) is 7.59. The summed E-state index contributed by atoms with van der Waals surface area (Å²) in [5.41, 5.74) is 0.198. The van der Waals surface area contributed by atoms with Gasteiger partial charge in [0.25, 0.3) is 0 Å². The average molecular weight is 298 g/mol. The Morgan fingerprint density at radius 2 is 2.13 bits per heavy atom. The number of alkyl halides is 2. The van der Waals surface area contributed by atoms with Crippen molar-refractivity contribution in [3.63, 3.8) is 0 Å². The topological polar surface area (TPSA) is 17.1 Å². The minimum Gasteiger partial charge on any atom is -0.302 e. The van der Waals surface area contributed by atoms with Crippen molar-refractivity contribution in [1.82, 2.24) is 0 Å². The molecule has 0 heterocycles. The Labute approximate surface area is 99.6 Å². The molecular weight excluding hydrogens is 289 g/mol. The van der Waals surface area contributed by atoms with Crippen molar-refractivity contribution >= 4 is 33.8 Å². The molecule has 0 aromatic heterocycles. The summed E-state index contributed by atoms with van der Waals surface area (Å²) in [6, 6.07) is 3.19. The molecule has 2 unspecified atom stereocenters. The van der Waals surface area contributed by atoms with Crippen LogP contribution in [0, 0.1) is 11.6 Å². The maximum Gasteiger partial charge on any atom is 0.133 e. The summed E-state index contributed by atoms with van der Waals surface area (Å²) in [6.45, 7) is 0. The normalized spacial score (nSPS) is 14.7. The maximum atomic E-state index is 13.2. The van der Waals surface area contributed by atoms with Crippen molar-refractivity contribution in [3.8, 4) is 0 Å². The summed E-state index contributed by atoms with van der Waals surface area (Å²) in [6.07, 6.45) is 0.935. The van der Waals surface area contributed by atoms with Gasteiger partial charge in [-0.3, -0.25) is 0 Å². The fourth-order valence-corrected chi connectivity index (χ4v) is 2.09. The minimum absolute atomic E-state index is 0.198. The number of benzene rings is 1. The molecule has 1 rings (SSSR count). The summed E-state index contributed by atoms with van der Waals surface area (Å²) >= 11 is 8.95. The lowest BCUT2D eigenvalue weighted by Crippen LogP contribution is -2.05. The Hall–Kier alpha value is -0.480. The summed E-state index contributed by atoms with van der Waals surface area (Å²) in [5.74, 6) is -1.34. The van der Waals surface area contributed by atoms with E-state index < -0.39 is 21.8 Å². The van der Waals surface area contributed by atoms with E-state index in [0.29, 0.717) is 6.29 Å². The highest BCUT2D eigenvalue weighted by atomic mass is 79.9. The van der Waals surface area contributed by atoms with Gasteiger partial charge in [-0.25, -0.2) is 8.78 Å². The molecule has 0 N–H and O–H groups in total. The zero-order valence-corrected chi connectivity index (χ0v) is 9.93. The van der Waals surface area contributed by atoms with Crippen molar-refractivity contribution in [3.05, 3.63) is 35.4 Å². The smallest absolute Gasteiger partial charge is 0.133 e. The molecule has 0 aliphatic heterocycles. The van der Waals surface area contributed by atoms with Crippen molar-refractivity contribution in [2.24, 2.45) is 0 Å². The molecule has 0 bridgehead atoms. The summed E-state index contributed by atoms with van der Waals surface area (Å²) in [5, 5.41) is -0.653. The maximum absolute atomic E-state index is 13.2. The molecule has 2 atom stereocenters. The lowest BCUT2D eigenvalue weighted by atomic mass is 10.1. The van der Waals surface area contributed by atoms with E-state index in [1.807, 2.05) is 0 Å². The van der Waals surface area contributed by atoms with Crippen molar-refractivity contribution < 1.29 is 13.6 Å². The van der Waals surface area contributed by atoms with E-state index in [2.05, 4.69) is 15.9 Å². The first-order valence-corrected chi connectivity index (χ1v) is 5.58. The van der Waals surface area contributed by atoms with Crippen LogP contribution in [0.5, 0.6) is 0 Å². The van der Waals surface area contributed by atoms with Crippen LogP contribution < -0.4 is 0 Å². The van der Waals surface area contributed by atoms with Crippen LogP contribution in [-0.4, -0.2) is 11.1 Å². The first kappa shape index (κ1) is 12.6. The molecular formula is C10H8BrClF2O. The number of aldehydes is 1. The molecule has 1 nitrogen and oxygen atoms in total. The van der Waals surface area contributed by atoms with Crippen LogP contribution in [0.2, 0.25) is 0 Å². The third-order valence-electron chi connectivity index (χ3n) is 1.88. The third-order valence-corrected chi connectivity index (χ3v) is 2.88. The van der Waals surface area contributed by atoms with Crippen LogP contribution in [-0.2, 0) is 4.79 Å². The second-order valence-corrected chi connectivity index (χ2v) is 4.72. The van der Waals surface area contributed by atoms with Gasteiger partial charge >= 0.3 is 0 Å². The third kappa shape index (κ3) is 3.54. The molecule has 15 heavy (non-hydrogen) atoms. The first-order valence-electron chi connectivity index (χ1n) is 4.23. The van der Waals surface area contributed by atoms with Crippen molar-refractivity contribution in [1.29, 1.82) is 0 Å². The summed E-state index contributed by atoms with van der Waals surface area (Å²) in [7, 11) is 0. The van der Waals surface area contributed by atoms with Crippen LogP contribution in [0.25, 0.3) is 0 Å². The van der Waals surface area contributed by atoms with Gasteiger partial charge in [0.15, 0.2) is 0 Å². The lowest BCUT2D eigenvalue weighted by molar-refractivity contribution is -0.107. The molecule has 0 aliphatic carbocycles. The molecule has 1 aromatic carbocycles. The van der Waals surface area contributed by atoms with E-state index in [1.54, 1.807) is 0 Å².